The molecular formula is C17H18N2OS. The van der Waals surface area contributed by atoms with Gasteiger partial charge in [0, 0.05) is 18.3 Å². The van der Waals surface area contributed by atoms with Crippen LogP contribution < -0.4 is 10.1 Å². The van der Waals surface area contributed by atoms with Crippen LogP contribution in [0.4, 0.5) is 5.69 Å². The summed E-state index contributed by atoms with van der Waals surface area (Å²) in [6.45, 7) is 2.86. The molecule has 4 heteroatoms. The molecule has 1 N–H and O–H groups in total. The van der Waals surface area contributed by atoms with E-state index in [1.807, 2.05) is 19.2 Å². The average molecular weight is 298 g/mol. The normalized spacial score (nSPS) is 10.8. The first kappa shape index (κ1) is 13.9. The highest BCUT2D eigenvalue weighted by Gasteiger charge is 2.07. The van der Waals surface area contributed by atoms with E-state index >= 15 is 0 Å². The Hall–Kier alpha value is -2.07. The molecule has 0 atom stereocenters. The van der Waals surface area contributed by atoms with Gasteiger partial charge in [-0.15, -0.1) is 11.3 Å². The summed E-state index contributed by atoms with van der Waals surface area (Å²) in [5, 5.41) is 4.17. The number of anilines is 1. The number of rotatable bonds is 5. The Labute approximate surface area is 128 Å². The zero-order valence-electron chi connectivity index (χ0n) is 12.2. The summed E-state index contributed by atoms with van der Waals surface area (Å²) in [5.74, 6) is 0.921. The van der Waals surface area contributed by atoms with Crippen molar-refractivity contribution in [3.63, 3.8) is 0 Å². The molecular weight excluding hydrogens is 280 g/mol. The van der Waals surface area contributed by atoms with Crippen LogP contribution in [0.2, 0.25) is 0 Å². The number of aromatic nitrogens is 1. The lowest BCUT2D eigenvalue weighted by molar-refractivity contribution is 0.318. The van der Waals surface area contributed by atoms with Crippen molar-refractivity contribution in [2.75, 3.05) is 19.0 Å². The van der Waals surface area contributed by atoms with Gasteiger partial charge in [-0.05, 0) is 48.9 Å². The molecule has 0 amide bonds. The van der Waals surface area contributed by atoms with E-state index < -0.39 is 0 Å². The van der Waals surface area contributed by atoms with Gasteiger partial charge in [0.05, 0.1) is 16.8 Å². The monoisotopic (exact) mass is 298 g/mol. The lowest BCUT2D eigenvalue weighted by Gasteiger charge is -2.02. The van der Waals surface area contributed by atoms with Crippen LogP contribution in [0, 0.1) is 0 Å². The highest BCUT2D eigenvalue weighted by atomic mass is 32.1. The number of hydrogen-bond donors (Lipinski definition) is 1. The zero-order chi connectivity index (χ0) is 14.7. The third kappa shape index (κ3) is 3.00. The van der Waals surface area contributed by atoms with Crippen molar-refractivity contribution in [1.29, 1.82) is 0 Å². The molecule has 0 saturated heterocycles. The van der Waals surface area contributed by atoms with Crippen molar-refractivity contribution in [1.82, 2.24) is 4.98 Å². The molecule has 3 rings (SSSR count). The summed E-state index contributed by atoms with van der Waals surface area (Å²) in [7, 11) is 1.92. The van der Waals surface area contributed by atoms with Crippen LogP contribution in [0.25, 0.3) is 20.8 Å². The van der Waals surface area contributed by atoms with Crippen molar-refractivity contribution >= 4 is 27.2 Å². The number of nitrogens with zero attached hydrogens (tertiary/aromatic N) is 1. The fourth-order valence-electron chi connectivity index (χ4n) is 2.12. The molecule has 3 aromatic rings. The van der Waals surface area contributed by atoms with Gasteiger partial charge >= 0.3 is 0 Å². The standard InChI is InChI=1S/C17H18N2OS/c1-3-10-20-14-8-9-15-16(11-14)21-17(19-15)12-4-6-13(18-2)7-5-12/h4-9,11,18H,3,10H2,1-2H3. The van der Waals surface area contributed by atoms with Gasteiger partial charge in [-0.1, -0.05) is 6.92 Å². The van der Waals surface area contributed by atoms with Gasteiger partial charge in [0.1, 0.15) is 10.8 Å². The van der Waals surface area contributed by atoms with Crippen LogP contribution in [0.1, 0.15) is 13.3 Å². The Balaban J connectivity index is 1.92. The summed E-state index contributed by atoms with van der Waals surface area (Å²) < 4.78 is 6.84. The minimum absolute atomic E-state index is 0.753. The van der Waals surface area contributed by atoms with Gasteiger partial charge in [-0.2, -0.15) is 0 Å². The summed E-state index contributed by atoms with van der Waals surface area (Å²) in [5.41, 5.74) is 3.28. The van der Waals surface area contributed by atoms with Crippen LogP contribution in [-0.2, 0) is 0 Å². The van der Waals surface area contributed by atoms with Gasteiger partial charge in [0.2, 0.25) is 0 Å². The first-order chi connectivity index (χ1) is 10.3. The second kappa shape index (κ2) is 6.14. The topological polar surface area (TPSA) is 34.1 Å². The maximum absolute atomic E-state index is 5.68. The minimum Gasteiger partial charge on any atom is -0.494 e. The number of nitrogens with one attached hydrogen (secondary N) is 1. The molecule has 3 nitrogen and oxygen atoms in total. The van der Waals surface area contributed by atoms with Crippen molar-refractivity contribution in [3.8, 4) is 16.3 Å². The van der Waals surface area contributed by atoms with Crippen LogP contribution in [0.15, 0.2) is 42.5 Å². The van der Waals surface area contributed by atoms with E-state index in [-0.39, 0.29) is 0 Å². The summed E-state index contributed by atoms with van der Waals surface area (Å²) in [6, 6.07) is 14.4. The van der Waals surface area contributed by atoms with Gasteiger partial charge in [-0.25, -0.2) is 4.98 Å². The van der Waals surface area contributed by atoms with Crippen molar-refractivity contribution in [2.45, 2.75) is 13.3 Å². The van der Waals surface area contributed by atoms with E-state index in [0.717, 1.165) is 45.3 Å². The maximum atomic E-state index is 5.68. The van der Waals surface area contributed by atoms with E-state index in [0.29, 0.717) is 0 Å². The number of benzene rings is 2. The van der Waals surface area contributed by atoms with Gasteiger partial charge in [0.25, 0.3) is 0 Å². The summed E-state index contributed by atoms with van der Waals surface area (Å²) in [4.78, 5) is 4.70. The molecule has 0 aliphatic heterocycles. The molecule has 0 aliphatic carbocycles. The molecule has 0 bridgehead atoms. The second-order valence-corrected chi connectivity index (χ2v) is 5.86. The van der Waals surface area contributed by atoms with Crippen LogP contribution in [0.5, 0.6) is 5.75 Å². The minimum atomic E-state index is 0.753. The molecule has 21 heavy (non-hydrogen) atoms. The van der Waals surface area contributed by atoms with E-state index in [4.69, 9.17) is 9.72 Å². The molecule has 2 aromatic carbocycles. The van der Waals surface area contributed by atoms with Crippen molar-refractivity contribution in [2.24, 2.45) is 0 Å². The average Bonchev–Trinajstić information content (AvgIpc) is 2.96. The lowest BCUT2D eigenvalue weighted by Crippen LogP contribution is -1.93. The molecule has 0 spiro atoms. The van der Waals surface area contributed by atoms with E-state index in [2.05, 4.69) is 42.6 Å². The fourth-order valence-corrected chi connectivity index (χ4v) is 3.12. The Morgan fingerprint density at radius 3 is 2.67 bits per heavy atom. The third-order valence-corrected chi connectivity index (χ3v) is 4.32. The van der Waals surface area contributed by atoms with E-state index in [9.17, 15) is 0 Å². The first-order valence-electron chi connectivity index (χ1n) is 7.11. The smallest absolute Gasteiger partial charge is 0.124 e. The first-order valence-corrected chi connectivity index (χ1v) is 7.93. The molecule has 1 heterocycles. The van der Waals surface area contributed by atoms with Gasteiger partial charge < -0.3 is 10.1 Å². The Bertz CT molecular complexity index is 734. The molecule has 0 unspecified atom stereocenters. The molecule has 1 aromatic heterocycles. The van der Waals surface area contributed by atoms with Crippen LogP contribution in [-0.4, -0.2) is 18.6 Å². The second-order valence-electron chi connectivity index (χ2n) is 4.82. The zero-order valence-corrected chi connectivity index (χ0v) is 13.0. The quantitative estimate of drug-likeness (QED) is 0.735. The predicted octanol–water partition coefficient (Wildman–Crippen LogP) is 4.79. The van der Waals surface area contributed by atoms with E-state index in [1.165, 1.54) is 0 Å². The maximum Gasteiger partial charge on any atom is 0.124 e. The van der Waals surface area contributed by atoms with E-state index in [1.54, 1.807) is 11.3 Å². The molecule has 0 radical (unpaired) electrons. The van der Waals surface area contributed by atoms with Crippen LogP contribution >= 0.6 is 11.3 Å². The summed E-state index contributed by atoms with van der Waals surface area (Å²) in [6.07, 6.45) is 1.02. The Morgan fingerprint density at radius 1 is 1.14 bits per heavy atom. The number of hydrogen-bond acceptors (Lipinski definition) is 4. The predicted molar refractivity (Wildman–Crippen MR) is 90.4 cm³/mol. The highest BCUT2D eigenvalue weighted by molar-refractivity contribution is 7.21. The molecule has 0 saturated carbocycles. The lowest BCUT2D eigenvalue weighted by atomic mass is 10.2. The third-order valence-electron chi connectivity index (χ3n) is 3.25. The molecule has 108 valence electrons. The highest BCUT2D eigenvalue weighted by Crippen LogP contribution is 2.32. The van der Waals surface area contributed by atoms with Gasteiger partial charge in [-0.3, -0.25) is 0 Å². The fraction of sp³-hybridized carbons (Fsp3) is 0.235. The molecule has 0 fully saturated rings. The van der Waals surface area contributed by atoms with Crippen molar-refractivity contribution in [3.05, 3.63) is 42.5 Å². The summed E-state index contributed by atoms with van der Waals surface area (Å²) >= 11 is 1.70. The molecule has 0 aliphatic rings. The Morgan fingerprint density at radius 2 is 1.95 bits per heavy atom. The number of thiazole rings is 1. The number of fused-ring (bicyclic) bond motifs is 1. The largest absolute Gasteiger partial charge is 0.494 e. The van der Waals surface area contributed by atoms with Crippen LogP contribution in [0.3, 0.4) is 0 Å². The van der Waals surface area contributed by atoms with Gasteiger partial charge in [0.15, 0.2) is 0 Å². The Kier molecular flexibility index (Phi) is 4.06. The number of ether oxygens (including phenoxy) is 1. The van der Waals surface area contributed by atoms with Crippen molar-refractivity contribution < 1.29 is 4.74 Å². The SMILES string of the molecule is CCCOc1ccc2nc(-c3ccc(NC)cc3)sc2c1.